The van der Waals surface area contributed by atoms with Gasteiger partial charge in [-0.25, -0.2) is 0 Å². The van der Waals surface area contributed by atoms with Crippen molar-refractivity contribution in [3.05, 3.63) is 48.0 Å². The number of hydrogen-bond acceptors (Lipinski definition) is 5. The molecule has 0 aromatic heterocycles. The molecule has 144 valence electrons. The van der Waals surface area contributed by atoms with Crippen LogP contribution in [0.2, 0.25) is 0 Å². The van der Waals surface area contributed by atoms with Crippen molar-refractivity contribution < 1.29 is 19.1 Å². The topological polar surface area (TPSA) is 88.7 Å². The molecule has 0 spiro atoms. The largest absolute Gasteiger partial charge is 0.493 e. The van der Waals surface area contributed by atoms with Crippen molar-refractivity contribution in [2.24, 2.45) is 0 Å². The number of carbonyl (C=O) groups is 2. The summed E-state index contributed by atoms with van der Waals surface area (Å²) < 4.78 is 10.5. The number of amides is 2. The van der Waals surface area contributed by atoms with Gasteiger partial charge in [0, 0.05) is 37.8 Å². The number of carbonyl (C=O) groups excluding carboxylic acids is 2. The zero-order valence-electron chi connectivity index (χ0n) is 15.8. The smallest absolute Gasteiger partial charge is 0.225 e. The zero-order valence-corrected chi connectivity index (χ0v) is 15.8. The lowest BCUT2D eigenvalue weighted by molar-refractivity contribution is -0.116. The van der Waals surface area contributed by atoms with E-state index in [0.717, 1.165) is 5.56 Å². The zero-order chi connectivity index (χ0) is 19.6. The Morgan fingerprint density at radius 1 is 0.889 bits per heavy atom. The highest BCUT2D eigenvalue weighted by Gasteiger charge is 2.06. The minimum Gasteiger partial charge on any atom is -0.493 e. The molecule has 27 heavy (non-hydrogen) atoms. The molecule has 0 bridgehead atoms. The predicted molar refractivity (Wildman–Crippen MR) is 105 cm³/mol. The van der Waals surface area contributed by atoms with Crippen LogP contribution in [0.4, 0.5) is 11.4 Å². The molecule has 7 heteroatoms. The normalized spacial score (nSPS) is 10.2. The van der Waals surface area contributed by atoms with Gasteiger partial charge in [-0.2, -0.15) is 0 Å². The monoisotopic (exact) mass is 371 g/mol. The summed E-state index contributed by atoms with van der Waals surface area (Å²) in [5.41, 5.74) is 2.42. The van der Waals surface area contributed by atoms with E-state index in [4.69, 9.17) is 9.47 Å². The average Bonchev–Trinajstić information content (AvgIpc) is 2.66. The number of rotatable bonds is 9. The number of hydrogen-bond donors (Lipinski definition) is 3. The fourth-order valence-electron chi connectivity index (χ4n) is 2.49. The van der Waals surface area contributed by atoms with Crippen LogP contribution in [0.5, 0.6) is 11.5 Å². The third-order valence-electron chi connectivity index (χ3n) is 3.79. The SMILES string of the molecule is COc1ccc(CNCCC(=O)Nc2ccc(NC(C)=O)cc2)cc1OC. The Balaban J connectivity index is 1.74. The Morgan fingerprint density at radius 3 is 2.11 bits per heavy atom. The molecule has 2 aromatic rings. The summed E-state index contributed by atoms with van der Waals surface area (Å²) in [6.45, 7) is 2.62. The van der Waals surface area contributed by atoms with Crippen LogP contribution in [0.3, 0.4) is 0 Å². The molecule has 0 heterocycles. The van der Waals surface area contributed by atoms with Crippen molar-refractivity contribution in [1.29, 1.82) is 0 Å². The maximum atomic E-state index is 12.0. The van der Waals surface area contributed by atoms with Crippen LogP contribution in [-0.4, -0.2) is 32.6 Å². The highest BCUT2D eigenvalue weighted by Crippen LogP contribution is 2.27. The Kier molecular flexibility index (Phi) is 7.63. The van der Waals surface area contributed by atoms with E-state index in [1.165, 1.54) is 6.92 Å². The number of nitrogens with one attached hydrogen (secondary N) is 3. The van der Waals surface area contributed by atoms with Gasteiger partial charge in [-0.3, -0.25) is 9.59 Å². The van der Waals surface area contributed by atoms with Gasteiger partial charge in [0.05, 0.1) is 14.2 Å². The standard InChI is InChI=1S/C20H25N3O4/c1-14(24)22-16-5-7-17(8-6-16)23-20(25)10-11-21-13-15-4-9-18(26-2)19(12-15)27-3/h4-9,12,21H,10-11,13H2,1-3H3,(H,22,24)(H,23,25). The molecule has 0 radical (unpaired) electrons. The fourth-order valence-corrected chi connectivity index (χ4v) is 2.49. The molecule has 0 saturated carbocycles. The van der Waals surface area contributed by atoms with Gasteiger partial charge in [-0.05, 0) is 42.0 Å². The number of anilines is 2. The van der Waals surface area contributed by atoms with Crippen molar-refractivity contribution in [3.63, 3.8) is 0 Å². The fraction of sp³-hybridized carbons (Fsp3) is 0.300. The molecular weight excluding hydrogens is 346 g/mol. The van der Waals surface area contributed by atoms with Gasteiger partial charge in [0.2, 0.25) is 11.8 Å². The molecule has 0 aliphatic carbocycles. The van der Waals surface area contributed by atoms with Crippen molar-refractivity contribution in [2.45, 2.75) is 19.9 Å². The molecule has 0 fully saturated rings. The van der Waals surface area contributed by atoms with E-state index >= 15 is 0 Å². The minimum atomic E-state index is -0.132. The highest BCUT2D eigenvalue weighted by molar-refractivity contribution is 5.92. The molecule has 0 unspecified atom stereocenters. The van der Waals surface area contributed by atoms with Crippen molar-refractivity contribution >= 4 is 23.2 Å². The van der Waals surface area contributed by atoms with E-state index in [1.807, 2.05) is 18.2 Å². The Morgan fingerprint density at radius 2 is 1.52 bits per heavy atom. The molecular formula is C20H25N3O4. The molecule has 2 aromatic carbocycles. The summed E-state index contributed by atoms with van der Waals surface area (Å²) in [6, 6.07) is 12.7. The molecule has 0 atom stereocenters. The second kappa shape index (κ2) is 10.2. The van der Waals surface area contributed by atoms with Gasteiger partial charge in [-0.1, -0.05) is 6.07 Å². The average molecular weight is 371 g/mol. The molecule has 2 rings (SSSR count). The lowest BCUT2D eigenvalue weighted by Gasteiger charge is -2.10. The summed E-state index contributed by atoms with van der Waals surface area (Å²) >= 11 is 0. The summed E-state index contributed by atoms with van der Waals surface area (Å²) in [4.78, 5) is 23.0. The van der Waals surface area contributed by atoms with Crippen LogP contribution in [-0.2, 0) is 16.1 Å². The second-order valence-electron chi connectivity index (χ2n) is 5.92. The summed E-state index contributed by atoms with van der Waals surface area (Å²) in [5, 5.41) is 8.74. The predicted octanol–water partition coefficient (Wildman–Crippen LogP) is 2.78. The van der Waals surface area contributed by atoms with E-state index < -0.39 is 0 Å². The Hall–Kier alpha value is -3.06. The van der Waals surface area contributed by atoms with Crippen LogP contribution in [0.25, 0.3) is 0 Å². The number of benzene rings is 2. The van der Waals surface area contributed by atoms with E-state index in [9.17, 15) is 9.59 Å². The van der Waals surface area contributed by atoms with Gasteiger partial charge in [0.1, 0.15) is 0 Å². The third kappa shape index (κ3) is 6.63. The van der Waals surface area contributed by atoms with E-state index in [2.05, 4.69) is 16.0 Å². The maximum absolute atomic E-state index is 12.0. The molecule has 0 aliphatic rings. The Bertz CT molecular complexity index is 775. The summed E-state index contributed by atoms with van der Waals surface area (Å²) in [5.74, 6) is 1.15. The second-order valence-corrected chi connectivity index (χ2v) is 5.92. The third-order valence-corrected chi connectivity index (χ3v) is 3.79. The van der Waals surface area contributed by atoms with Crippen molar-refractivity contribution in [3.8, 4) is 11.5 Å². The first-order valence-electron chi connectivity index (χ1n) is 8.61. The van der Waals surface area contributed by atoms with Gasteiger partial charge in [0.15, 0.2) is 11.5 Å². The maximum Gasteiger partial charge on any atom is 0.225 e. The van der Waals surface area contributed by atoms with Crippen molar-refractivity contribution in [2.75, 3.05) is 31.4 Å². The summed E-state index contributed by atoms with van der Waals surface area (Å²) in [6.07, 6.45) is 0.348. The molecule has 2 amide bonds. The van der Waals surface area contributed by atoms with Gasteiger partial charge >= 0.3 is 0 Å². The van der Waals surface area contributed by atoms with E-state index in [1.54, 1.807) is 38.5 Å². The molecule has 0 saturated heterocycles. The van der Waals surface area contributed by atoms with Gasteiger partial charge in [0.25, 0.3) is 0 Å². The van der Waals surface area contributed by atoms with E-state index in [0.29, 0.717) is 42.4 Å². The summed E-state index contributed by atoms with van der Waals surface area (Å²) in [7, 11) is 3.20. The first-order chi connectivity index (χ1) is 13.0. The molecule has 7 nitrogen and oxygen atoms in total. The molecule has 3 N–H and O–H groups in total. The van der Waals surface area contributed by atoms with Gasteiger partial charge in [-0.15, -0.1) is 0 Å². The van der Waals surface area contributed by atoms with Crippen LogP contribution in [0.15, 0.2) is 42.5 Å². The van der Waals surface area contributed by atoms with Crippen molar-refractivity contribution in [1.82, 2.24) is 5.32 Å². The Labute approximate surface area is 159 Å². The lowest BCUT2D eigenvalue weighted by atomic mass is 10.2. The minimum absolute atomic E-state index is 0.0814. The molecule has 0 aliphatic heterocycles. The lowest BCUT2D eigenvalue weighted by Crippen LogP contribution is -2.21. The highest BCUT2D eigenvalue weighted by atomic mass is 16.5. The van der Waals surface area contributed by atoms with Crippen LogP contribution < -0.4 is 25.4 Å². The first-order valence-corrected chi connectivity index (χ1v) is 8.61. The first kappa shape index (κ1) is 20.3. The van der Waals surface area contributed by atoms with Gasteiger partial charge < -0.3 is 25.4 Å². The quantitative estimate of drug-likeness (QED) is 0.590. The van der Waals surface area contributed by atoms with Crippen LogP contribution in [0, 0.1) is 0 Å². The number of ether oxygens (including phenoxy) is 2. The van der Waals surface area contributed by atoms with E-state index in [-0.39, 0.29) is 11.8 Å². The number of methoxy groups -OCH3 is 2. The van der Waals surface area contributed by atoms with Crippen LogP contribution >= 0.6 is 0 Å². The van der Waals surface area contributed by atoms with Crippen LogP contribution in [0.1, 0.15) is 18.9 Å².